The number of halogens is 1. The van der Waals surface area contributed by atoms with Crippen molar-refractivity contribution in [3.05, 3.63) is 0 Å². The molecule has 0 fully saturated rings. The van der Waals surface area contributed by atoms with Crippen LogP contribution in [0.1, 0.15) is 0 Å². The molecule has 0 saturated carbocycles. The van der Waals surface area contributed by atoms with E-state index in [0.29, 0.717) is 0 Å². The summed E-state index contributed by atoms with van der Waals surface area (Å²) in [7, 11) is -7.54. The van der Waals surface area contributed by atoms with Crippen LogP contribution in [0.2, 0.25) is 0 Å². The topological polar surface area (TPSA) is 86.7 Å². The molecule has 0 rings (SSSR count). The van der Waals surface area contributed by atoms with E-state index in [2.05, 4.69) is 8.37 Å². The summed E-state index contributed by atoms with van der Waals surface area (Å²) in [5.41, 5.74) is 0. The summed E-state index contributed by atoms with van der Waals surface area (Å²) in [6.45, 7) is -1.81. The van der Waals surface area contributed by atoms with E-state index in [1.807, 2.05) is 0 Å². The van der Waals surface area contributed by atoms with Crippen molar-refractivity contribution in [2.75, 3.05) is 25.8 Å². The molecule has 0 N–H and O–H groups in total. The van der Waals surface area contributed by atoms with Gasteiger partial charge in [-0.1, -0.05) is 0 Å². The van der Waals surface area contributed by atoms with Gasteiger partial charge in [0.25, 0.3) is 20.2 Å². The van der Waals surface area contributed by atoms with Gasteiger partial charge in [0.2, 0.25) is 0 Å². The molecule has 0 heterocycles. The lowest BCUT2D eigenvalue weighted by Crippen LogP contribution is -2.26. The predicted octanol–water partition coefficient (Wildman–Crippen LogP) is -0.723. The first-order chi connectivity index (χ1) is 6.14. The first-order valence-electron chi connectivity index (χ1n) is 3.42. The first-order valence-corrected chi connectivity index (χ1v) is 7.06. The molecule has 14 heavy (non-hydrogen) atoms. The third-order valence-electron chi connectivity index (χ3n) is 0.951. The van der Waals surface area contributed by atoms with Crippen molar-refractivity contribution in [2.45, 2.75) is 6.10 Å². The van der Waals surface area contributed by atoms with Crippen LogP contribution in [-0.2, 0) is 28.6 Å². The summed E-state index contributed by atoms with van der Waals surface area (Å²) in [4.78, 5) is 0. The third-order valence-corrected chi connectivity index (χ3v) is 2.14. The quantitative estimate of drug-likeness (QED) is 0.578. The van der Waals surface area contributed by atoms with Gasteiger partial charge >= 0.3 is 0 Å². The Morgan fingerprint density at radius 3 is 1.93 bits per heavy atom. The molecule has 9 heteroatoms. The summed E-state index contributed by atoms with van der Waals surface area (Å²) in [6, 6.07) is 0. The lowest BCUT2D eigenvalue weighted by atomic mass is 10.4. The molecule has 0 aliphatic heterocycles. The van der Waals surface area contributed by atoms with Crippen LogP contribution < -0.4 is 0 Å². The van der Waals surface area contributed by atoms with Crippen LogP contribution >= 0.6 is 0 Å². The standard InChI is InChI=1S/C5H11FO6S2/c1-13(7,8)11-4-5(3-6)12-14(2,9)10/h5H,3-4H2,1-2H3. The minimum absolute atomic E-state index is 0.664. The Morgan fingerprint density at radius 1 is 1.14 bits per heavy atom. The molecule has 0 aromatic carbocycles. The Kier molecular flexibility index (Phi) is 4.92. The molecule has 1 atom stereocenters. The van der Waals surface area contributed by atoms with Gasteiger partial charge in [0.15, 0.2) is 0 Å². The second-order valence-corrected chi connectivity index (χ2v) is 5.81. The van der Waals surface area contributed by atoms with E-state index in [1.54, 1.807) is 0 Å². The van der Waals surface area contributed by atoms with Gasteiger partial charge in [-0.3, -0.25) is 8.37 Å². The second-order valence-electron chi connectivity index (χ2n) is 2.57. The maximum Gasteiger partial charge on any atom is 0.264 e. The van der Waals surface area contributed by atoms with E-state index in [1.165, 1.54) is 0 Å². The minimum atomic E-state index is -3.82. The van der Waals surface area contributed by atoms with Gasteiger partial charge in [-0.05, 0) is 0 Å². The molecular formula is C5H11FO6S2. The van der Waals surface area contributed by atoms with Gasteiger partial charge in [0.1, 0.15) is 12.8 Å². The average Bonchev–Trinajstić information content (AvgIpc) is 1.94. The van der Waals surface area contributed by atoms with Crippen molar-refractivity contribution in [3.8, 4) is 0 Å². The van der Waals surface area contributed by atoms with E-state index in [9.17, 15) is 21.2 Å². The SMILES string of the molecule is CS(=O)(=O)OCC(CF)OS(C)(=O)=O. The zero-order chi connectivity index (χ0) is 11.4. The number of rotatable bonds is 6. The summed E-state index contributed by atoms with van der Waals surface area (Å²) >= 11 is 0. The maximum atomic E-state index is 12.1. The van der Waals surface area contributed by atoms with Crippen LogP contribution in [0.5, 0.6) is 0 Å². The normalized spacial score (nSPS) is 15.4. The van der Waals surface area contributed by atoms with Crippen molar-refractivity contribution < 1.29 is 29.6 Å². The Balaban J connectivity index is 4.19. The predicted molar refractivity (Wildman–Crippen MR) is 46.5 cm³/mol. The van der Waals surface area contributed by atoms with Crippen molar-refractivity contribution in [2.24, 2.45) is 0 Å². The molecule has 0 aliphatic rings. The molecule has 0 saturated heterocycles. The second kappa shape index (κ2) is 5.01. The Hall–Kier alpha value is -0.250. The van der Waals surface area contributed by atoms with Crippen molar-refractivity contribution >= 4 is 20.2 Å². The van der Waals surface area contributed by atoms with Gasteiger partial charge in [-0.15, -0.1) is 0 Å². The third kappa shape index (κ3) is 8.35. The number of alkyl halides is 1. The van der Waals surface area contributed by atoms with Crippen LogP contribution in [0, 0.1) is 0 Å². The highest BCUT2D eigenvalue weighted by molar-refractivity contribution is 7.86. The smallest absolute Gasteiger partial charge is 0.264 e. The lowest BCUT2D eigenvalue weighted by Gasteiger charge is -2.11. The molecule has 0 spiro atoms. The highest BCUT2D eigenvalue weighted by atomic mass is 32.2. The Morgan fingerprint density at radius 2 is 1.64 bits per heavy atom. The highest BCUT2D eigenvalue weighted by Gasteiger charge is 2.17. The van der Waals surface area contributed by atoms with E-state index in [-0.39, 0.29) is 0 Å². The van der Waals surface area contributed by atoms with Gasteiger partial charge < -0.3 is 0 Å². The van der Waals surface area contributed by atoms with Crippen LogP contribution in [0.15, 0.2) is 0 Å². The number of hydrogen-bond acceptors (Lipinski definition) is 6. The molecule has 0 bridgehead atoms. The first kappa shape index (κ1) is 13.8. The molecule has 0 aromatic heterocycles. The van der Waals surface area contributed by atoms with Crippen molar-refractivity contribution in [1.82, 2.24) is 0 Å². The molecule has 0 aliphatic carbocycles. The molecule has 0 radical (unpaired) electrons. The van der Waals surface area contributed by atoms with Gasteiger partial charge in [-0.2, -0.15) is 16.8 Å². The average molecular weight is 250 g/mol. The fourth-order valence-corrected chi connectivity index (χ4v) is 1.55. The number of hydrogen-bond donors (Lipinski definition) is 0. The maximum absolute atomic E-state index is 12.1. The van der Waals surface area contributed by atoms with Crippen LogP contribution in [0.25, 0.3) is 0 Å². The largest absolute Gasteiger partial charge is 0.267 e. The van der Waals surface area contributed by atoms with Gasteiger partial charge in [-0.25, -0.2) is 4.39 Å². The minimum Gasteiger partial charge on any atom is -0.267 e. The highest BCUT2D eigenvalue weighted by Crippen LogP contribution is 2.01. The fourth-order valence-electron chi connectivity index (χ4n) is 0.545. The van der Waals surface area contributed by atoms with Crippen molar-refractivity contribution in [1.29, 1.82) is 0 Å². The fraction of sp³-hybridized carbons (Fsp3) is 1.00. The summed E-state index contributed by atoms with van der Waals surface area (Å²) in [5, 5.41) is 0. The zero-order valence-electron chi connectivity index (χ0n) is 7.64. The van der Waals surface area contributed by atoms with E-state index >= 15 is 0 Å². The molecule has 0 amide bonds. The summed E-state index contributed by atoms with van der Waals surface area (Å²) in [6.07, 6.45) is 0.0680. The summed E-state index contributed by atoms with van der Waals surface area (Å²) in [5.74, 6) is 0. The van der Waals surface area contributed by atoms with Crippen LogP contribution in [0.4, 0.5) is 4.39 Å². The monoisotopic (exact) mass is 250 g/mol. The molecule has 86 valence electrons. The van der Waals surface area contributed by atoms with Crippen LogP contribution in [0.3, 0.4) is 0 Å². The van der Waals surface area contributed by atoms with E-state index < -0.39 is 39.6 Å². The van der Waals surface area contributed by atoms with E-state index in [0.717, 1.165) is 12.5 Å². The Labute approximate surface area is 82.3 Å². The molecule has 6 nitrogen and oxygen atoms in total. The Bertz CT molecular complexity index is 358. The molecule has 1 unspecified atom stereocenters. The van der Waals surface area contributed by atoms with Crippen molar-refractivity contribution in [3.63, 3.8) is 0 Å². The van der Waals surface area contributed by atoms with Gasteiger partial charge in [0, 0.05) is 0 Å². The molecular weight excluding hydrogens is 239 g/mol. The van der Waals surface area contributed by atoms with E-state index in [4.69, 9.17) is 0 Å². The van der Waals surface area contributed by atoms with Crippen LogP contribution in [-0.4, -0.2) is 48.7 Å². The molecule has 0 aromatic rings. The van der Waals surface area contributed by atoms with Gasteiger partial charge in [0.05, 0.1) is 19.1 Å². The summed E-state index contributed by atoms with van der Waals surface area (Å²) < 4.78 is 62.5. The zero-order valence-corrected chi connectivity index (χ0v) is 9.27. The lowest BCUT2D eigenvalue weighted by molar-refractivity contribution is 0.114.